The normalized spacial score (nSPS) is 14.8. The standard InChI is InChI=1S/C9H13Br2N3O2/c1-3-5-13-7(10)8(11)14(5)4(2)6(12)9(15)16/h4,6H,3,12H2,1-2H3,(H,15,16). The number of carbonyl (C=O) groups is 1. The number of aliphatic carboxylic acids is 1. The summed E-state index contributed by atoms with van der Waals surface area (Å²) in [6, 6.07) is -1.32. The number of nitrogens with two attached hydrogens (primary N) is 1. The van der Waals surface area contributed by atoms with Gasteiger partial charge in [-0.2, -0.15) is 0 Å². The van der Waals surface area contributed by atoms with Crippen LogP contribution in [0, 0.1) is 0 Å². The molecule has 90 valence electrons. The molecule has 1 aromatic rings. The second kappa shape index (κ2) is 5.29. The number of carboxylic acids is 1. The first-order valence-corrected chi connectivity index (χ1v) is 6.39. The van der Waals surface area contributed by atoms with E-state index in [-0.39, 0.29) is 6.04 Å². The summed E-state index contributed by atoms with van der Waals surface area (Å²) in [6.07, 6.45) is 0.709. The first-order chi connectivity index (χ1) is 7.40. The van der Waals surface area contributed by atoms with Crippen molar-refractivity contribution in [2.24, 2.45) is 5.73 Å². The molecule has 0 fully saturated rings. The maximum absolute atomic E-state index is 10.8. The maximum atomic E-state index is 10.8. The van der Waals surface area contributed by atoms with E-state index in [4.69, 9.17) is 10.8 Å². The number of imidazole rings is 1. The van der Waals surface area contributed by atoms with Gasteiger partial charge in [-0.25, -0.2) is 4.98 Å². The van der Waals surface area contributed by atoms with E-state index in [1.807, 2.05) is 6.92 Å². The van der Waals surface area contributed by atoms with Gasteiger partial charge in [0.1, 0.15) is 21.1 Å². The summed E-state index contributed by atoms with van der Waals surface area (Å²) in [5.41, 5.74) is 5.61. The van der Waals surface area contributed by atoms with Crippen LogP contribution in [0.25, 0.3) is 0 Å². The van der Waals surface area contributed by atoms with Gasteiger partial charge in [0.25, 0.3) is 0 Å². The van der Waals surface area contributed by atoms with Crippen LogP contribution in [0.15, 0.2) is 9.21 Å². The smallest absolute Gasteiger partial charge is 0.322 e. The van der Waals surface area contributed by atoms with Crippen LogP contribution < -0.4 is 5.73 Å². The average Bonchev–Trinajstić information content (AvgIpc) is 2.52. The number of carboxylic acid groups (broad SMARTS) is 1. The predicted molar refractivity (Wildman–Crippen MR) is 67.3 cm³/mol. The lowest BCUT2D eigenvalue weighted by Crippen LogP contribution is -2.38. The Balaban J connectivity index is 3.16. The van der Waals surface area contributed by atoms with Gasteiger partial charge in [0, 0.05) is 6.42 Å². The van der Waals surface area contributed by atoms with Gasteiger partial charge in [-0.1, -0.05) is 6.92 Å². The minimum absolute atomic E-state index is 0.361. The molecule has 16 heavy (non-hydrogen) atoms. The number of halogens is 2. The SMILES string of the molecule is CCc1nc(Br)c(Br)n1C(C)C(N)C(=O)O. The summed E-state index contributed by atoms with van der Waals surface area (Å²) in [5, 5.41) is 8.89. The van der Waals surface area contributed by atoms with Gasteiger partial charge >= 0.3 is 5.97 Å². The fourth-order valence-electron chi connectivity index (χ4n) is 1.46. The lowest BCUT2D eigenvalue weighted by Gasteiger charge is -2.20. The zero-order valence-electron chi connectivity index (χ0n) is 8.94. The summed E-state index contributed by atoms with van der Waals surface area (Å²) in [7, 11) is 0. The minimum atomic E-state index is -1.02. The number of rotatable bonds is 4. The molecule has 2 unspecified atom stereocenters. The van der Waals surface area contributed by atoms with Gasteiger partial charge in [0.15, 0.2) is 0 Å². The Morgan fingerprint density at radius 3 is 2.62 bits per heavy atom. The zero-order valence-corrected chi connectivity index (χ0v) is 12.1. The van der Waals surface area contributed by atoms with Crippen molar-refractivity contribution in [1.82, 2.24) is 9.55 Å². The van der Waals surface area contributed by atoms with Crippen LogP contribution in [-0.4, -0.2) is 26.7 Å². The van der Waals surface area contributed by atoms with E-state index in [0.29, 0.717) is 15.6 Å². The number of aromatic nitrogens is 2. The molecule has 3 N–H and O–H groups in total. The van der Waals surface area contributed by atoms with E-state index in [0.717, 1.165) is 5.82 Å². The van der Waals surface area contributed by atoms with Crippen molar-refractivity contribution >= 4 is 37.8 Å². The van der Waals surface area contributed by atoms with Crippen molar-refractivity contribution in [3.8, 4) is 0 Å². The summed E-state index contributed by atoms with van der Waals surface area (Å²) in [4.78, 5) is 15.1. The summed E-state index contributed by atoms with van der Waals surface area (Å²) in [5.74, 6) is -0.228. The largest absolute Gasteiger partial charge is 0.480 e. The molecule has 0 saturated heterocycles. The van der Waals surface area contributed by atoms with E-state index in [9.17, 15) is 4.79 Å². The highest BCUT2D eigenvalue weighted by molar-refractivity contribution is 9.13. The van der Waals surface area contributed by atoms with E-state index in [1.54, 1.807) is 11.5 Å². The van der Waals surface area contributed by atoms with Crippen LogP contribution in [0.5, 0.6) is 0 Å². The lowest BCUT2D eigenvalue weighted by atomic mass is 10.1. The Kier molecular flexibility index (Phi) is 4.52. The minimum Gasteiger partial charge on any atom is -0.480 e. The van der Waals surface area contributed by atoms with E-state index < -0.39 is 12.0 Å². The second-order valence-electron chi connectivity index (χ2n) is 3.44. The topological polar surface area (TPSA) is 81.1 Å². The van der Waals surface area contributed by atoms with Crippen LogP contribution in [0.3, 0.4) is 0 Å². The highest BCUT2D eigenvalue weighted by Gasteiger charge is 2.26. The fourth-order valence-corrected chi connectivity index (χ4v) is 2.47. The Labute approximate surface area is 110 Å². The number of aryl methyl sites for hydroxylation is 1. The van der Waals surface area contributed by atoms with Crippen molar-refractivity contribution in [2.45, 2.75) is 32.4 Å². The first-order valence-electron chi connectivity index (χ1n) is 4.80. The molecule has 0 aromatic carbocycles. The van der Waals surface area contributed by atoms with E-state index >= 15 is 0 Å². The van der Waals surface area contributed by atoms with Crippen LogP contribution in [0.2, 0.25) is 0 Å². The van der Waals surface area contributed by atoms with Crippen molar-refractivity contribution < 1.29 is 9.90 Å². The highest BCUT2D eigenvalue weighted by Crippen LogP contribution is 2.28. The monoisotopic (exact) mass is 353 g/mol. The Morgan fingerprint density at radius 1 is 1.62 bits per heavy atom. The van der Waals surface area contributed by atoms with Gasteiger partial charge in [-0.15, -0.1) is 0 Å². The molecule has 1 heterocycles. The van der Waals surface area contributed by atoms with Crippen LogP contribution in [-0.2, 0) is 11.2 Å². The Bertz CT molecular complexity index is 406. The lowest BCUT2D eigenvalue weighted by molar-refractivity contribution is -0.139. The third-order valence-electron chi connectivity index (χ3n) is 2.42. The van der Waals surface area contributed by atoms with Crippen molar-refractivity contribution in [1.29, 1.82) is 0 Å². The number of hydrogen-bond donors (Lipinski definition) is 2. The predicted octanol–water partition coefficient (Wildman–Crippen LogP) is 1.94. The molecule has 0 aliphatic carbocycles. The molecular formula is C9H13Br2N3O2. The van der Waals surface area contributed by atoms with E-state index in [2.05, 4.69) is 36.8 Å². The molecule has 7 heteroatoms. The third-order valence-corrected chi connectivity index (χ3v) is 4.26. The highest BCUT2D eigenvalue weighted by atomic mass is 79.9. The average molecular weight is 355 g/mol. The van der Waals surface area contributed by atoms with Gasteiger partial charge < -0.3 is 15.4 Å². The van der Waals surface area contributed by atoms with Crippen molar-refractivity contribution in [2.75, 3.05) is 0 Å². The molecule has 1 rings (SSSR count). The molecule has 0 aliphatic rings. The molecule has 2 atom stereocenters. The second-order valence-corrected chi connectivity index (χ2v) is 4.94. The summed E-state index contributed by atoms with van der Waals surface area (Å²) in [6.45, 7) is 3.72. The molecule has 5 nitrogen and oxygen atoms in total. The van der Waals surface area contributed by atoms with Gasteiger partial charge in [-0.05, 0) is 38.8 Å². The summed E-state index contributed by atoms with van der Waals surface area (Å²) >= 11 is 6.66. The zero-order chi connectivity index (χ0) is 12.5. The maximum Gasteiger partial charge on any atom is 0.322 e. The van der Waals surface area contributed by atoms with Gasteiger partial charge in [0.05, 0.1) is 6.04 Å². The van der Waals surface area contributed by atoms with Gasteiger partial charge in [0.2, 0.25) is 0 Å². The van der Waals surface area contributed by atoms with Crippen molar-refractivity contribution in [3.63, 3.8) is 0 Å². The molecular weight excluding hydrogens is 342 g/mol. The molecule has 0 spiro atoms. The molecule has 0 saturated carbocycles. The van der Waals surface area contributed by atoms with Crippen molar-refractivity contribution in [3.05, 3.63) is 15.0 Å². The third kappa shape index (κ3) is 2.46. The molecule has 0 amide bonds. The Morgan fingerprint density at radius 2 is 2.19 bits per heavy atom. The van der Waals surface area contributed by atoms with E-state index in [1.165, 1.54) is 0 Å². The molecule has 1 aromatic heterocycles. The number of hydrogen-bond acceptors (Lipinski definition) is 3. The Hall–Kier alpha value is -0.400. The van der Waals surface area contributed by atoms with Gasteiger partial charge in [-0.3, -0.25) is 4.79 Å². The quantitative estimate of drug-likeness (QED) is 0.865. The summed E-state index contributed by atoms with van der Waals surface area (Å²) < 4.78 is 3.17. The molecule has 0 radical (unpaired) electrons. The van der Waals surface area contributed by atoms with Crippen LogP contribution in [0.1, 0.15) is 25.7 Å². The molecule has 0 aliphatic heterocycles. The fraction of sp³-hybridized carbons (Fsp3) is 0.556. The van der Waals surface area contributed by atoms with Crippen LogP contribution >= 0.6 is 31.9 Å². The number of nitrogens with zero attached hydrogens (tertiary/aromatic N) is 2. The molecule has 0 bridgehead atoms. The van der Waals surface area contributed by atoms with Crippen LogP contribution in [0.4, 0.5) is 0 Å². The first kappa shape index (κ1) is 13.7.